The van der Waals surface area contributed by atoms with Gasteiger partial charge in [-0.3, -0.25) is 13.9 Å². The number of carbonyl (C=O) groups excluding carboxylic acids is 2. The SMILES string of the molecule is Cc1cc(-c2cnc(N(Cc3c(F)ccc4c3C(=O)CO4)C(=O)OC(C)(C)C)n3cc(C#N)nc23)n(C)n1. The summed E-state index contributed by atoms with van der Waals surface area (Å²) in [6, 6.07) is 6.42. The highest BCUT2D eigenvalue weighted by molar-refractivity contribution is 6.04. The topological polar surface area (TPSA) is 128 Å². The smallest absolute Gasteiger partial charge is 0.417 e. The fourth-order valence-corrected chi connectivity index (χ4v) is 4.35. The number of aromatic nitrogens is 5. The quantitative estimate of drug-likeness (QED) is 0.398. The van der Waals surface area contributed by atoms with E-state index >= 15 is 4.39 Å². The lowest BCUT2D eigenvalue weighted by molar-refractivity contribution is 0.0573. The molecule has 0 bridgehead atoms. The third-order valence-corrected chi connectivity index (χ3v) is 5.89. The Morgan fingerprint density at radius 1 is 1.34 bits per heavy atom. The number of Topliss-reactive ketones (excluding diaryl/α,β-unsaturated/α-hetero) is 1. The lowest BCUT2D eigenvalue weighted by atomic mass is 10.0. The standard InChI is InChI=1S/C26H24FN7O4/c1-14-8-19(32(5)31-14)16-10-29-24(33-11-15(9-28)30-23(16)33)34(25(36)38-26(2,3)4)12-17-18(27)6-7-21-22(17)20(35)13-37-21/h6-8,10-11H,12-13H2,1-5H3. The highest BCUT2D eigenvalue weighted by Gasteiger charge is 2.33. The van der Waals surface area contributed by atoms with Crippen LogP contribution in [0.2, 0.25) is 0 Å². The molecule has 1 aliphatic rings. The van der Waals surface area contributed by atoms with Crippen LogP contribution in [0.5, 0.6) is 5.75 Å². The van der Waals surface area contributed by atoms with Gasteiger partial charge in [-0.25, -0.2) is 24.1 Å². The lowest BCUT2D eigenvalue weighted by Gasteiger charge is -2.27. The van der Waals surface area contributed by atoms with Crippen LogP contribution in [0.4, 0.5) is 15.1 Å². The van der Waals surface area contributed by atoms with Crippen molar-refractivity contribution in [1.29, 1.82) is 5.26 Å². The van der Waals surface area contributed by atoms with Crippen LogP contribution >= 0.6 is 0 Å². The average Bonchev–Trinajstić information content (AvgIpc) is 3.53. The van der Waals surface area contributed by atoms with Gasteiger partial charge in [-0.15, -0.1) is 0 Å². The van der Waals surface area contributed by atoms with E-state index in [4.69, 9.17) is 9.47 Å². The Morgan fingerprint density at radius 3 is 2.76 bits per heavy atom. The number of anilines is 1. The van der Waals surface area contributed by atoms with Crippen molar-refractivity contribution in [3.05, 3.63) is 58.9 Å². The van der Waals surface area contributed by atoms with Crippen molar-refractivity contribution in [3.8, 4) is 23.1 Å². The molecule has 12 heteroatoms. The summed E-state index contributed by atoms with van der Waals surface area (Å²) in [6.45, 7) is 6.34. The molecule has 0 unspecified atom stereocenters. The van der Waals surface area contributed by atoms with Crippen molar-refractivity contribution in [2.75, 3.05) is 11.5 Å². The fourth-order valence-electron chi connectivity index (χ4n) is 4.35. The molecule has 4 aromatic rings. The van der Waals surface area contributed by atoms with Crippen LogP contribution in [0.15, 0.2) is 30.6 Å². The van der Waals surface area contributed by atoms with Gasteiger partial charge in [0.1, 0.15) is 23.2 Å². The Bertz CT molecular complexity index is 1660. The van der Waals surface area contributed by atoms with E-state index in [1.54, 1.807) is 32.5 Å². The summed E-state index contributed by atoms with van der Waals surface area (Å²) in [7, 11) is 1.77. The van der Waals surface area contributed by atoms with Gasteiger partial charge in [-0.1, -0.05) is 0 Å². The highest BCUT2D eigenvalue weighted by atomic mass is 19.1. The molecule has 0 fully saturated rings. The Balaban J connectivity index is 1.71. The second kappa shape index (κ2) is 8.95. The Morgan fingerprint density at radius 2 is 2.11 bits per heavy atom. The van der Waals surface area contributed by atoms with Gasteiger partial charge >= 0.3 is 6.09 Å². The maximum absolute atomic E-state index is 15.1. The van der Waals surface area contributed by atoms with Crippen LogP contribution in [-0.4, -0.2) is 48.2 Å². The van der Waals surface area contributed by atoms with Gasteiger partial charge in [0.2, 0.25) is 11.7 Å². The summed E-state index contributed by atoms with van der Waals surface area (Å²) >= 11 is 0. The van der Waals surface area contributed by atoms with Gasteiger partial charge < -0.3 is 9.47 Å². The van der Waals surface area contributed by atoms with E-state index in [-0.39, 0.29) is 41.7 Å². The molecule has 0 radical (unpaired) electrons. The number of hydrogen-bond donors (Lipinski definition) is 0. The first-order valence-electron chi connectivity index (χ1n) is 11.7. The minimum Gasteiger partial charge on any atom is -0.485 e. The molecular weight excluding hydrogens is 493 g/mol. The molecule has 0 aliphatic carbocycles. The first kappa shape index (κ1) is 24.9. The van der Waals surface area contributed by atoms with Crippen molar-refractivity contribution in [3.63, 3.8) is 0 Å². The maximum Gasteiger partial charge on any atom is 0.417 e. The van der Waals surface area contributed by atoms with Gasteiger partial charge in [-0.05, 0) is 45.9 Å². The van der Waals surface area contributed by atoms with Crippen LogP contribution in [-0.2, 0) is 18.3 Å². The number of rotatable bonds is 4. The number of imidazole rings is 1. The van der Waals surface area contributed by atoms with E-state index in [9.17, 15) is 14.9 Å². The number of fused-ring (bicyclic) bond motifs is 2. The number of amides is 1. The Labute approximate surface area is 217 Å². The van der Waals surface area contributed by atoms with E-state index in [0.29, 0.717) is 16.9 Å². The van der Waals surface area contributed by atoms with Gasteiger partial charge in [-0.2, -0.15) is 10.4 Å². The zero-order valence-corrected chi connectivity index (χ0v) is 21.4. The van der Waals surface area contributed by atoms with Crippen LogP contribution in [0.3, 0.4) is 0 Å². The van der Waals surface area contributed by atoms with E-state index in [2.05, 4.69) is 15.1 Å². The molecule has 1 amide bonds. The number of hydrogen-bond acceptors (Lipinski definition) is 8. The third kappa shape index (κ3) is 4.32. The minimum atomic E-state index is -0.885. The van der Waals surface area contributed by atoms with Crippen LogP contribution in [0.1, 0.15) is 48.1 Å². The van der Waals surface area contributed by atoms with Crippen molar-refractivity contribution < 1.29 is 23.5 Å². The molecule has 3 aromatic heterocycles. The normalized spacial score (nSPS) is 12.8. The summed E-state index contributed by atoms with van der Waals surface area (Å²) < 4.78 is 29.3. The second-order valence-corrected chi connectivity index (χ2v) is 9.88. The molecule has 0 saturated heterocycles. The van der Waals surface area contributed by atoms with Crippen molar-refractivity contribution in [2.24, 2.45) is 7.05 Å². The number of benzene rings is 1. The second-order valence-electron chi connectivity index (χ2n) is 9.88. The predicted molar refractivity (Wildman–Crippen MR) is 133 cm³/mol. The molecule has 0 spiro atoms. The number of aryl methyl sites for hydroxylation is 2. The monoisotopic (exact) mass is 517 g/mol. The van der Waals surface area contributed by atoms with Crippen LogP contribution < -0.4 is 9.64 Å². The fraction of sp³-hybridized carbons (Fsp3) is 0.308. The zero-order valence-electron chi connectivity index (χ0n) is 21.4. The Kier molecular flexibility index (Phi) is 5.86. The molecule has 1 aliphatic heterocycles. The molecule has 194 valence electrons. The van der Waals surface area contributed by atoms with Gasteiger partial charge in [0.05, 0.1) is 35.3 Å². The van der Waals surface area contributed by atoms with E-state index in [1.165, 1.54) is 28.9 Å². The van der Waals surface area contributed by atoms with Crippen LogP contribution in [0, 0.1) is 24.1 Å². The largest absolute Gasteiger partial charge is 0.485 e. The van der Waals surface area contributed by atoms with Crippen molar-refractivity contribution in [2.45, 2.75) is 39.8 Å². The first-order chi connectivity index (χ1) is 18.0. The zero-order chi connectivity index (χ0) is 27.4. The number of ketones is 1. The predicted octanol–water partition coefficient (Wildman–Crippen LogP) is 3.97. The molecule has 38 heavy (non-hydrogen) atoms. The van der Waals surface area contributed by atoms with Crippen LogP contribution in [0.25, 0.3) is 16.9 Å². The molecule has 5 rings (SSSR count). The molecule has 1 aromatic carbocycles. The Hall–Kier alpha value is -4.79. The molecule has 0 saturated carbocycles. The molecule has 11 nitrogen and oxygen atoms in total. The first-order valence-corrected chi connectivity index (χ1v) is 11.7. The van der Waals surface area contributed by atoms with Gasteiger partial charge in [0, 0.05) is 18.8 Å². The summed E-state index contributed by atoms with van der Waals surface area (Å²) in [5.74, 6) is -0.815. The number of ether oxygens (including phenoxy) is 2. The summed E-state index contributed by atoms with van der Waals surface area (Å²) in [5.41, 5.74) is 1.60. The van der Waals surface area contributed by atoms with E-state index in [1.807, 2.05) is 19.1 Å². The van der Waals surface area contributed by atoms with Gasteiger partial charge in [0.15, 0.2) is 17.9 Å². The average molecular weight is 518 g/mol. The number of nitrogens with zero attached hydrogens (tertiary/aromatic N) is 7. The summed E-state index contributed by atoms with van der Waals surface area (Å²) in [6.07, 6.45) is 2.11. The molecule has 0 atom stereocenters. The van der Waals surface area contributed by atoms with Gasteiger partial charge in [0.25, 0.3) is 0 Å². The van der Waals surface area contributed by atoms with E-state index in [0.717, 1.165) is 10.6 Å². The summed E-state index contributed by atoms with van der Waals surface area (Å²) in [4.78, 5) is 36.1. The number of nitriles is 1. The van der Waals surface area contributed by atoms with E-state index < -0.39 is 23.3 Å². The van der Waals surface area contributed by atoms with Crippen molar-refractivity contribution >= 4 is 23.5 Å². The molecule has 0 N–H and O–H groups in total. The van der Waals surface area contributed by atoms with Crippen molar-refractivity contribution in [1.82, 2.24) is 24.1 Å². The maximum atomic E-state index is 15.1. The highest BCUT2D eigenvalue weighted by Crippen LogP contribution is 2.33. The lowest BCUT2D eigenvalue weighted by Crippen LogP contribution is -2.38. The minimum absolute atomic E-state index is 0.0225. The molecular formula is C26H24FN7O4. The molecule has 4 heterocycles. The third-order valence-electron chi connectivity index (χ3n) is 5.89. The summed E-state index contributed by atoms with van der Waals surface area (Å²) in [5, 5.41) is 14.0. The number of carbonyl (C=O) groups is 2. The number of halogens is 1.